The molecule has 0 N–H and O–H groups in total. The van der Waals surface area contributed by atoms with E-state index < -0.39 is 0 Å². The predicted molar refractivity (Wildman–Crippen MR) is 104 cm³/mol. The van der Waals surface area contributed by atoms with Gasteiger partial charge in [-0.15, -0.1) is 11.3 Å². The van der Waals surface area contributed by atoms with Crippen LogP contribution in [0.4, 0.5) is 0 Å². The van der Waals surface area contributed by atoms with Crippen LogP contribution in [0.5, 0.6) is 11.5 Å². The summed E-state index contributed by atoms with van der Waals surface area (Å²) in [5.74, 6) is 1.53. The molecule has 3 aromatic rings. The largest absolute Gasteiger partial charge is 0.493 e. The average molecular weight is 369 g/mol. The number of hydrogen-bond donors (Lipinski definition) is 0. The first kappa shape index (κ1) is 18.4. The van der Waals surface area contributed by atoms with Gasteiger partial charge in [-0.25, -0.2) is 4.98 Å². The first-order chi connectivity index (χ1) is 12.8. The maximum atomic E-state index is 5.41. The van der Waals surface area contributed by atoms with Gasteiger partial charge >= 0.3 is 0 Å². The van der Waals surface area contributed by atoms with Crippen LogP contribution < -0.4 is 9.47 Å². The number of ether oxygens (including phenoxy) is 2. The maximum Gasteiger partial charge on any atom is 0.160 e. The second-order valence-electron chi connectivity index (χ2n) is 5.99. The third-order valence-corrected chi connectivity index (χ3v) is 4.82. The van der Waals surface area contributed by atoms with Crippen LogP contribution in [0, 0.1) is 0 Å². The highest BCUT2D eigenvalue weighted by atomic mass is 32.1. The maximum absolute atomic E-state index is 5.41. The molecule has 0 unspecified atom stereocenters. The molecular weight excluding hydrogens is 346 g/mol. The summed E-state index contributed by atoms with van der Waals surface area (Å²) in [6.45, 7) is 2.63. The summed E-state index contributed by atoms with van der Waals surface area (Å²) < 4.78 is 10.7. The molecule has 0 spiro atoms. The number of benzene rings is 1. The minimum absolute atomic E-state index is 0.757. The lowest BCUT2D eigenvalue weighted by Crippen LogP contribution is -2.25. The molecule has 3 rings (SSSR count). The normalized spacial score (nSPS) is 10.9. The van der Waals surface area contributed by atoms with Crippen LogP contribution in [0.2, 0.25) is 0 Å². The molecule has 0 fully saturated rings. The molecule has 136 valence electrons. The van der Waals surface area contributed by atoms with Gasteiger partial charge in [0.1, 0.15) is 0 Å². The Bertz CT molecular complexity index is 794. The summed E-state index contributed by atoms with van der Waals surface area (Å²) in [6.07, 6.45) is 4.60. The van der Waals surface area contributed by atoms with E-state index in [4.69, 9.17) is 9.47 Å². The molecule has 0 amide bonds. The molecule has 2 heterocycles. The van der Waals surface area contributed by atoms with Crippen molar-refractivity contribution in [1.29, 1.82) is 0 Å². The van der Waals surface area contributed by atoms with Gasteiger partial charge in [-0.3, -0.25) is 9.88 Å². The summed E-state index contributed by atoms with van der Waals surface area (Å²) >= 11 is 1.63. The number of pyridine rings is 1. The second kappa shape index (κ2) is 9.31. The van der Waals surface area contributed by atoms with E-state index in [1.54, 1.807) is 25.6 Å². The Morgan fingerprint density at radius 3 is 2.46 bits per heavy atom. The minimum Gasteiger partial charge on any atom is -0.493 e. The van der Waals surface area contributed by atoms with Gasteiger partial charge in [0, 0.05) is 37.4 Å². The van der Waals surface area contributed by atoms with Crippen molar-refractivity contribution < 1.29 is 9.47 Å². The number of rotatable bonds is 9. The second-order valence-corrected chi connectivity index (χ2v) is 6.70. The van der Waals surface area contributed by atoms with Crippen molar-refractivity contribution in [3.8, 4) is 11.5 Å². The Morgan fingerprint density at radius 2 is 1.77 bits per heavy atom. The Morgan fingerprint density at radius 1 is 0.962 bits per heavy atom. The summed E-state index contributed by atoms with van der Waals surface area (Å²) in [5.41, 5.74) is 5.47. The van der Waals surface area contributed by atoms with E-state index in [2.05, 4.69) is 38.4 Å². The van der Waals surface area contributed by atoms with Gasteiger partial charge in [0.2, 0.25) is 0 Å². The lowest BCUT2D eigenvalue weighted by atomic mass is 10.1. The lowest BCUT2D eigenvalue weighted by molar-refractivity contribution is 0.257. The zero-order valence-corrected chi connectivity index (χ0v) is 15.9. The van der Waals surface area contributed by atoms with Crippen LogP contribution in [0.1, 0.15) is 16.8 Å². The van der Waals surface area contributed by atoms with Gasteiger partial charge in [0.25, 0.3) is 0 Å². The van der Waals surface area contributed by atoms with Crippen LogP contribution in [-0.4, -0.2) is 35.6 Å². The number of thiazole rings is 1. The Balaban J connectivity index is 1.69. The van der Waals surface area contributed by atoms with Crippen LogP contribution in [0.25, 0.3) is 0 Å². The number of aromatic nitrogens is 2. The van der Waals surface area contributed by atoms with Crippen LogP contribution >= 0.6 is 11.3 Å². The van der Waals surface area contributed by atoms with Gasteiger partial charge in [-0.2, -0.15) is 0 Å². The first-order valence-electron chi connectivity index (χ1n) is 8.47. The molecule has 26 heavy (non-hydrogen) atoms. The Kier molecular flexibility index (Phi) is 6.57. The predicted octanol–water partition coefficient (Wildman–Crippen LogP) is 3.80. The molecule has 0 bridgehead atoms. The third-order valence-electron chi connectivity index (χ3n) is 4.19. The fraction of sp³-hybridized carbons (Fsp3) is 0.300. The minimum atomic E-state index is 0.757. The van der Waals surface area contributed by atoms with E-state index in [1.807, 2.05) is 30.0 Å². The van der Waals surface area contributed by atoms with Crippen molar-refractivity contribution in [2.75, 3.05) is 20.8 Å². The zero-order chi connectivity index (χ0) is 18.2. The first-order valence-corrected chi connectivity index (χ1v) is 9.42. The van der Waals surface area contributed by atoms with Crippen molar-refractivity contribution in [2.24, 2.45) is 0 Å². The lowest BCUT2D eigenvalue weighted by Gasteiger charge is -2.22. The molecule has 0 saturated heterocycles. The monoisotopic (exact) mass is 369 g/mol. The third kappa shape index (κ3) is 5.03. The van der Waals surface area contributed by atoms with Crippen molar-refractivity contribution in [3.63, 3.8) is 0 Å². The van der Waals surface area contributed by atoms with Gasteiger partial charge in [-0.1, -0.05) is 6.07 Å². The van der Waals surface area contributed by atoms with Crippen molar-refractivity contribution >= 4 is 11.3 Å². The fourth-order valence-corrected chi connectivity index (χ4v) is 3.38. The molecule has 0 aliphatic heterocycles. The van der Waals surface area contributed by atoms with Gasteiger partial charge in [0.05, 0.1) is 25.4 Å². The van der Waals surface area contributed by atoms with E-state index in [1.165, 1.54) is 11.1 Å². The molecule has 6 heteroatoms. The Hall–Kier alpha value is -2.44. The van der Waals surface area contributed by atoms with Crippen molar-refractivity contribution in [3.05, 3.63) is 70.4 Å². The van der Waals surface area contributed by atoms with E-state index in [-0.39, 0.29) is 0 Å². The number of hydrogen-bond acceptors (Lipinski definition) is 6. The fourth-order valence-electron chi connectivity index (χ4n) is 2.83. The SMILES string of the molecule is COc1ccc(CCN(Cc2ccncc2)Cc2cscn2)cc1OC. The van der Waals surface area contributed by atoms with Crippen LogP contribution in [0.15, 0.2) is 53.6 Å². The molecule has 0 aliphatic rings. The topological polar surface area (TPSA) is 47.5 Å². The number of nitrogens with zero attached hydrogens (tertiary/aromatic N) is 3. The highest BCUT2D eigenvalue weighted by Crippen LogP contribution is 2.27. The summed E-state index contributed by atoms with van der Waals surface area (Å²) in [4.78, 5) is 10.9. The Labute approximate surface area is 158 Å². The van der Waals surface area contributed by atoms with Gasteiger partial charge in [0.15, 0.2) is 11.5 Å². The van der Waals surface area contributed by atoms with Gasteiger partial charge in [-0.05, 0) is 41.8 Å². The van der Waals surface area contributed by atoms with Gasteiger partial charge < -0.3 is 9.47 Å². The van der Waals surface area contributed by atoms with Crippen molar-refractivity contribution in [2.45, 2.75) is 19.5 Å². The molecule has 2 aromatic heterocycles. The number of methoxy groups -OCH3 is 2. The highest BCUT2D eigenvalue weighted by Gasteiger charge is 2.10. The zero-order valence-electron chi connectivity index (χ0n) is 15.1. The molecule has 0 radical (unpaired) electrons. The quantitative estimate of drug-likeness (QED) is 0.574. The summed E-state index contributed by atoms with van der Waals surface area (Å²) in [7, 11) is 3.32. The summed E-state index contributed by atoms with van der Waals surface area (Å²) in [5, 5.41) is 2.11. The van der Waals surface area contributed by atoms with Crippen LogP contribution in [0.3, 0.4) is 0 Å². The van der Waals surface area contributed by atoms with Crippen LogP contribution in [-0.2, 0) is 19.5 Å². The van der Waals surface area contributed by atoms with E-state index in [0.717, 1.165) is 43.2 Å². The molecule has 5 nitrogen and oxygen atoms in total. The van der Waals surface area contributed by atoms with E-state index >= 15 is 0 Å². The van der Waals surface area contributed by atoms with E-state index in [9.17, 15) is 0 Å². The average Bonchev–Trinajstić information content (AvgIpc) is 3.19. The standard InChI is InChI=1S/C20H23N3O2S/c1-24-19-4-3-16(11-20(19)25-2)7-10-23(13-18-14-26-15-22-18)12-17-5-8-21-9-6-17/h3-6,8-9,11,14-15H,7,10,12-13H2,1-2H3. The molecule has 0 saturated carbocycles. The molecule has 1 aromatic carbocycles. The van der Waals surface area contributed by atoms with Crippen molar-refractivity contribution in [1.82, 2.24) is 14.9 Å². The molecule has 0 atom stereocenters. The highest BCUT2D eigenvalue weighted by molar-refractivity contribution is 7.07. The smallest absolute Gasteiger partial charge is 0.160 e. The molecular formula is C20H23N3O2S. The summed E-state index contributed by atoms with van der Waals surface area (Å²) in [6, 6.07) is 10.2. The van der Waals surface area contributed by atoms with E-state index in [0.29, 0.717) is 0 Å². The molecule has 0 aliphatic carbocycles.